The first-order valence-electron chi connectivity index (χ1n) is 5.51. The Kier molecular flexibility index (Phi) is 7.09. The maximum absolute atomic E-state index is 5.84. The van der Waals surface area contributed by atoms with Crippen LogP contribution in [0.15, 0.2) is 0 Å². The van der Waals surface area contributed by atoms with Gasteiger partial charge >= 0.3 is 0 Å². The van der Waals surface area contributed by atoms with E-state index in [1.54, 1.807) is 14.2 Å². The van der Waals surface area contributed by atoms with Gasteiger partial charge in [-0.15, -0.1) is 0 Å². The van der Waals surface area contributed by atoms with E-state index in [2.05, 4.69) is 25.8 Å². The van der Waals surface area contributed by atoms with Gasteiger partial charge in [0.25, 0.3) is 0 Å². The number of hydrogen-bond donors (Lipinski definition) is 1. The van der Waals surface area contributed by atoms with E-state index in [4.69, 9.17) is 15.2 Å². The van der Waals surface area contributed by atoms with Gasteiger partial charge in [-0.25, -0.2) is 0 Å². The molecule has 0 heterocycles. The fourth-order valence-electron chi connectivity index (χ4n) is 1.62. The van der Waals surface area contributed by atoms with Gasteiger partial charge in [0.05, 0.1) is 0 Å². The Morgan fingerprint density at radius 1 is 1.33 bits per heavy atom. The smallest absolute Gasteiger partial charge is 0.158 e. The summed E-state index contributed by atoms with van der Waals surface area (Å²) in [5, 5.41) is 0. The van der Waals surface area contributed by atoms with Crippen LogP contribution in [-0.2, 0) is 9.47 Å². The summed E-state index contributed by atoms with van der Waals surface area (Å²) in [6.07, 6.45) is 1.72. The highest BCUT2D eigenvalue weighted by Crippen LogP contribution is 2.20. The van der Waals surface area contributed by atoms with Crippen LogP contribution < -0.4 is 5.73 Å². The second-order valence-electron chi connectivity index (χ2n) is 4.23. The maximum atomic E-state index is 5.84. The van der Waals surface area contributed by atoms with Crippen LogP contribution in [0.5, 0.6) is 0 Å². The van der Waals surface area contributed by atoms with Crippen LogP contribution in [0, 0.1) is 0 Å². The molecule has 0 aromatic rings. The number of methoxy groups -OCH3 is 2. The molecule has 0 saturated carbocycles. The summed E-state index contributed by atoms with van der Waals surface area (Å²) in [5.74, 6) is 0. The van der Waals surface area contributed by atoms with Crippen LogP contribution in [0.2, 0.25) is 0 Å². The molecule has 2 N–H and O–H groups in total. The lowest BCUT2D eigenvalue weighted by atomic mass is 9.95. The third kappa shape index (κ3) is 4.47. The van der Waals surface area contributed by atoms with E-state index in [1.807, 2.05) is 0 Å². The van der Waals surface area contributed by atoms with Crippen molar-refractivity contribution in [2.45, 2.75) is 38.5 Å². The molecule has 0 bridgehead atoms. The minimum atomic E-state index is -0.183. The number of nitrogens with zero attached hydrogens (tertiary/aromatic N) is 1. The van der Waals surface area contributed by atoms with Crippen LogP contribution in [0.25, 0.3) is 0 Å². The van der Waals surface area contributed by atoms with Gasteiger partial charge in [0, 0.05) is 32.7 Å². The normalized spacial score (nSPS) is 16.0. The summed E-state index contributed by atoms with van der Waals surface area (Å²) in [4.78, 5) is 2.28. The Hall–Kier alpha value is -0.160. The lowest BCUT2D eigenvalue weighted by Crippen LogP contribution is -2.52. The topological polar surface area (TPSA) is 47.7 Å². The second kappa shape index (κ2) is 7.17. The zero-order valence-electron chi connectivity index (χ0n) is 10.7. The van der Waals surface area contributed by atoms with Crippen LogP contribution in [0.3, 0.4) is 0 Å². The molecular weight excluding hydrogens is 192 g/mol. The van der Waals surface area contributed by atoms with Crippen LogP contribution in [-0.4, -0.2) is 51.1 Å². The zero-order valence-corrected chi connectivity index (χ0v) is 10.7. The number of rotatable bonds is 8. The molecule has 1 unspecified atom stereocenters. The molecule has 15 heavy (non-hydrogen) atoms. The van der Waals surface area contributed by atoms with E-state index >= 15 is 0 Å². The van der Waals surface area contributed by atoms with E-state index in [0.29, 0.717) is 6.54 Å². The third-order valence-electron chi connectivity index (χ3n) is 3.05. The lowest BCUT2D eigenvalue weighted by molar-refractivity contribution is -0.126. The van der Waals surface area contributed by atoms with Crippen molar-refractivity contribution in [2.24, 2.45) is 5.73 Å². The number of nitrogens with two attached hydrogens (primary N) is 1. The minimum Gasteiger partial charge on any atom is -0.356 e. The van der Waals surface area contributed by atoms with Gasteiger partial charge in [0.2, 0.25) is 0 Å². The summed E-state index contributed by atoms with van der Waals surface area (Å²) in [5.41, 5.74) is 5.78. The molecule has 0 saturated heterocycles. The molecule has 0 fully saturated rings. The largest absolute Gasteiger partial charge is 0.356 e. The van der Waals surface area contributed by atoms with Crippen molar-refractivity contribution in [3.63, 3.8) is 0 Å². The van der Waals surface area contributed by atoms with Crippen molar-refractivity contribution in [3.05, 3.63) is 0 Å². The Bertz CT molecular complexity index is 163. The van der Waals surface area contributed by atoms with Gasteiger partial charge in [-0.3, -0.25) is 4.90 Å². The Morgan fingerprint density at radius 3 is 2.20 bits per heavy atom. The predicted octanol–water partition coefficient (Wildman–Crippen LogP) is 1.05. The molecule has 4 heteroatoms. The van der Waals surface area contributed by atoms with E-state index in [-0.39, 0.29) is 11.8 Å². The lowest BCUT2D eigenvalue weighted by Gasteiger charge is -2.39. The van der Waals surface area contributed by atoms with Crippen LogP contribution >= 0.6 is 0 Å². The van der Waals surface area contributed by atoms with Crippen molar-refractivity contribution in [1.82, 2.24) is 4.90 Å². The summed E-state index contributed by atoms with van der Waals surface area (Å²) >= 11 is 0. The minimum absolute atomic E-state index is 0.0628. The number of likely N-dealkylation sites (N-methyl/N-ethyl adjacent to an activating group) is 1. The molecule has 0 aromatic carbocycles. The molecule has 4 nitrogen and oxygen atoms in total. The van der Waals surface area contributed by atoms with E-state index in [9.17, 15) is 0 Å². The molecule has 0 aliphatic heterocycles. The number of hydrogen-bond acceptors (Lipinski definition) is 4. The summed E-state index contributed by atoms with van der Waals surface area (Å²) in [7, 11) is 5.41. The highest BCUT2D eigenvalue weighted by Gasteiger charge is 2.30. The average Bonchev–Trinajstić information content (AvgIpc) is 2.25. The maximum Gasteiger partial charge on any atom is 0.158 e. The van der Waals surface area contributed by atoms with Crippen molar-refractivity contribution < 1.29 is 9.47 Å². The van der Waals surface area contributed by atoms with Gasteiger partial charge in [0.15, 0.2) is 6.29 Å². The van der Waals surface area contributed by atoms with Gasteiger partial charge in [-0.2, -0.15) is 0 Å². The summed E-state index contributed by atoms with van der Waals surface area (Å²) < 4.78 is 10.4. The van der Waals surface area contributed by atoms with Crippen LogP contribution in [0.4, 0.5) is 0 Å². The first kappa shape index (κ1) is 14.8. The quantitative estimate of drug-likeness (QED) is 0.619. The first-order valence-corrected chi connectivity index (χ1v) is 5.51. The fourth-order valence-corrected chi connectivity index (χ4v) is 1.62. The predicted molar refractivity (Wildman–Crippen MR) is 62.8 cm³/mol. The monoisotopic (exact) mass is 218 g/mol. The van der Waals surface area contributed by atoms with Crippen molar-refractivity contribution in [1.29, 1.82) is 0 Å². The molecule has 0 aliphatic rings. The summed E-state index contributed by atoms with van der Waals surface area (Å²) in [6.45, 7) is 5.95. The standard InChI is InChI=1S/C11H26N2O2/c1-6-7-13(3)11(2,9-12)8-10(14-4)15-5/h10H,6-9,12H2,1-5H3. The molecule has 0 aromatic heterocycles. The second-order valence-corrected chi connectivity index (χ2v) is 4.23. The van der Waals surface area contributed by atoms with Gasteiger partial charge < -0.3 is 15.2 Å². The van der Waals surface area contributed by atoms with Crippen molar-refractivity contribution >= 4 is 0 Å². The van der Waals surface area contributed by atoms with Gasteiger partial charge in [-0.1, -0.05) is 6.92 Å². The zero-order chi connectivity index (χ0) is 11.9. The number of ether oxygens (including phenoxy) is 2. The molecular formula is C11H26N2O2. The molecule has 1 atom stereocenters. The first-order chi connectivity index (χ1) is 7.03. The average molecular weight is 218 g/mol. The van der Waals surface area contributed by atoms with Crippen LogP contribution in [0.1, 0.15) is 26.7 Å². The highest BCUT2D eigenvalue weighted by atomic mass is 16.7. The molecule has 0 spiro atoms. The molecule has 0 radical (unpaired) electrons. The molecule has 0 rings (SSSR count). The SMILES string of the molecule is CCCN(C)C(C)(CN)CC(OC)OC. The Labute approximate surface area is 93.7 Å². The summed E-state index contributed by atoms with van der Waals surface area (Å²) in [6, 6.07) is 0. The third-order valence-corrected chi connectivity index (χ3v) is 3.05. The van der Waals surface area contributed by atoms with Gasteiger partial charge in [0.1, 0.15) is 0 Å². The van der Waals surface area contributed by atoms with Gasteiger partial charge in [-0.05, 0) is 26.9 Å². The van der Waals surface area contributed by atoms with E-state index in [1.165, 1.54) is 0 Å². The molecule has 0 amide bonds. The van der Waals surface area contributed by atoms with Crippen molar-refractivity contribution in [2.75, 3.05) is 34.4 Å². The Morgan fingerprint density at radius 2 is 1.87 bits per heavy atom. The Balaban J connectivity index is 4.40. The molecule has 92 valence electrons. The van der Waals surface area contributed by atoms with Crippen molar-refractivity contribution in [3.8, 4) is 0 Å². The molecule has 0 aliphatic carbocycles. The highest BCUT2D eigenvalue weighted by molar-refractivity contribution is 4.86. The van der Waals surface area contributed by atoms with E-state index < -0.39 is 0 Å². The van der Waals surface area contributed by atoms with E-state index in [0.717, 1.165) is 19.4 Å². The fraction of sp³-hybridized carbons (Fsp3) is 1.00.